The van der Waals surface area contributed by atoms with Crippen LogP contribution in [0.15, 0.2) is 35.4 Å². The van der Waals surface area contributed by atoms with Crippen molar-refractivity contribution in [3.8, 4) is 0 Å². The van der Waals surface area contributed by atoms with E-state index < -0.39 is 34.4 Å². The molecule has 2 atom stereocenters. The summed E-state index contributed by atoms with van der Waals surface area (Å²) in [6.07, 6.45) is 2.72. The zero-order valence-corrected chi connectivity index (χ0v) is 16.5. The molecule has 0 spiro atoms. The second-order valence-corrected chi connectivity index (χ2v) is 7.69. The van der Waals surface area contributed by atoms with Gasteiger partial charge in [0.05, 0.1) is 17.4 Å². The Kier molecular flexibility index (Phi) is 6.33. The summed E-state index contributed by atoms with van der Waals surface area (Å²) in [6, 6.07) is 5.05. The number of thioether (sulfide) groups is 1. The molecule has 3 rings (SSSR count). The topological polar surface area (TPSA) is 127 Å². The van der Waals surface area contributed by atoms with E-state index in [0.717, 1.165) is 12.8 Å². The number of hydrogen-bond acceptors (Lipinski definition) is 7. The average molecular weight is 420 g/mol. The minimum absolute atomic E-state index is 0.0433. The summed E-state index contributed by atoms with van der Waals surface area (Å²) in [5, 5.41) is 19.5. The zero-order valence-electron chi connectivity index (χ0n) is 15.7. The van der Waals surface area contributed by atoms with E-state index in [9.17, 15) is 29.6 Å². The standard InChI is InChI=1S/C19H20N2O7S/c1-29-19-16(17(24)11-4-6-12(7-5-11)21(26)27)14(9-15(22)23)18(25)20(19)10-13-3-2-8-28-13/h4-7,13,19H,2-3,8-10H2,1H3,(H,22,23)/t13-,19+/m0/s1. The SMILES string of the molecule is CS[C@@H]1C(C(=O)c2ccc([N+](=O)[O-])cc2)=C(CC(=O)O)C(=O)N1C[C@@H]1CCCO1. The summed E-state index contributed by atoms with van der Waals surface area (Å²) in [5.41, 5.74) is 0.0828. The number of aliphatic carboxylic acids is 1. The van der Waals surface area contributed by atoms with E-state index in [0.29, 0.717) is 6.61 Å². The highest BCUT2D eigenvalue weighted by Crippen LogP contribution is 2.37. The van der Waals surface area contributed by atoms with Gasteiger partial charge in [-0.05, 0) is 31.2 Å². The van der Waals surface area contributed by atoms with E-state index >= 15 is 0 Å². The fourth-order valence-corrected chi connectivity index (χ4v) is 4.51. The molecule has 0 unspecified atom stereocenters. The van der Waals surface area contributed by atoms with Gasteiger partial charge < -0.3 is 14.7 Å². The van der Waals surface area contributed by atoms with Gasteiger partial charge >= 0.3 is 5.97 Å². The number of carbonyl (C=O) groups is 3. The van der Waals surface area contributed by atoms with E-state index in [2.05, 4.69) is 0 Å². The highest BCUT2D eigenvalue weighted by atomic mass is 32.2. The quantitative estimate of drug-likeness (QED) is 0.385. The number of hydrogen-bond donors (Lipinski definition) is 1. The van der Waals surface area contributed by atoms with Crippen LogP contribution < -0.4 is 0 Å². The fraction of sp³-hybridized carbons (Fsp3) is 0.421. The van der Waals surface area contributed by atoms with Crippen LogP contribution in [0.3, 0.4) is 0 Å². The van der Waals surface area contributed by atoms with Crippen LogP contribution in [0.4, 0.5) is 5.69 Å². The Morgan fingerprint density at radius 1 is 1.34 bits per heavy atom. The molecule has 1 fully saturated rings. The lowest BCUT2D eigenvalue weighted by Crippen LogP contribution is -2.40. The number of nitro benzene ring substituents is 1. The first-order valence-electron chi connectivity index (χ1n) is 9.02. The molecular weight excluding hydrogens is 400 g/mol. The van der Waals surface area contributed by atoms with Crippen molar-refractivity contribution in [3.05, 3.63) is 51.1 Å². The van der Waals surface area contributed by atoms with Crippen LogP contribution in [0.1, 0.15) is 29.6 Å². The number of rotatable bonds is 8. The van der Waals surface area contributed by atoms with Crippen molar-refractivity contribution in [1.82, 2.24) is 4.90 Å². The third-order valence-electron chi connectivity index (χ3n) is 4.93. The summed E-state index contributed by atoms with van der Waals surface area (Å²) < 4.78 is 5.60. The number of ether oxygens (including phenoxy) is 1. The first kappa shape index (κ1) is 21.0. The Labute approximate surface area is 170 Å². The minimum Gasteiger partial charge on any atom is -0.481 e. The van der Waals surface area contributed by atoms with Crippen molar-refractivity contribution >= 4 is 35.1 Å². The third kappa shape index (κ3) is 4.33. The first-order valence-corrected chi connectivity index (χ1v) is 10.3. The average Bonchev–Trinajstić information content (AvgIpc) is 3.29. The Morgan fingerprint density at radius 3 is 2.55 bits per heavy atom. The van der Waals surface area contributed by atoms with Crippen LogP contribution in [0.25, 0.3) is 0 Å². The monoisotopic (exact) mass is 420 g/mol. The Morgan fingerprint density at radius 2 is 2.03 bits per heavy atom. The largest absolute Gasteiger partial charge is 0.481 e. The number of non-ortho nitro benzene ring substituents is 1. The second kappa shape index (κ2) is 8.75. The highest BCUT2D eigenvalue weighted by Gasteiger charge is 2.43. The van der Waals surface area contributed by atoms with E-state index in [1.165, 1.54) is 40.9 Å². The van der Waals surface area contributed by atoms with E-state index in [4.69, 9.17) is 4.74 Å². The molecule has 0 aromatic heterocycles. The maximum absolute atomic E-state index is 13.2. The molecular formula is C19H20N2O7S. The predicted octanol–water partition coefficient (Wildman–Crippen LogP) is 2.26. The maximum Gasteiger partial charge on any atom is 0.308 e. The zero-order chi connectivity index (χ0) is 21.1. The lowest BCUT2D eigenvalue weighted by molar-refractivity contribution is -0.384. The summed E-state index contributed by atoms with van der Waals surface area (Å²) >= 11 is 1.27. The molecule has 2 aliphatic heterocycles. The van der Waals surface area contributed by atoms with Crippen molar-refractivity contribution in [3.63, 3.8) is 0 Å². The van der Waals surface area contributed by atoms with Crippen molar-refractivity contribution in [2.75, 3.05) is 19.4 Å². The molecule has 0 radical (unpaired) electrons. The smallest absolute Gasteiger partial charge is 0.308 e. The normalized spacial score (nSPS) is 21.7. The molecule has 154 valence electrons. The van der Waals surface area contributed by atoms with Gasteiger partial charge in [-0.3, -0.25) is 24.5 Å². The molecule has 1 aromatic rings. The van der Waals surface area contributed by atoms with Gasteiger partial charge in [0.1, 0.15) is 5.37 Å². The van der Waals surface area contributed by atoms with Gasteiger partial charge in [0.15, 0.2) is 5.78 Å². The van der Waals surface area contributed by atoms with Gasteiger partial charge in [0.25, 0.3) is 11.6 Å². The van der Waals surface area contributed by atoms with Gasteiger partial charge in [-0.15, -0.1) is 11.8 Å². The lowest BCUT2D eigenvalue weighted by atomic mass is 9.98. The number of nitro groups is 1. The number of nitrogens with zero attached hydrogens (tertiary/aromatic N) is 2. The molecule has 1 saturated heterocycles. The minimum atomic E-state index is -1.21. The van der Waals surface area contributed by atoms with Gasteiger partial charge in [-0.1, -0.05) is 0 Å². The third-order valence-corrected chi connectivity index (χ3v) is 5.87. The number of carboxylic acid groups (broad SMARTS) is 1. The summed E-state index contributed by atoms with van der Waals surface area (Å²) in [4.78, 5) is 49.3. The van der Waals surface area contributed by atoms with Crippen LogP contribution in [0, 0.1) is 10.1 Å². The van der Waals surface area contributed by atoms with Crippen molar-refractivity contribution in [1.29, 1.82) is 0 Å². The molecule has 29 heavy (non-hydrogen) atoms. The first-order chi connectivity index (χ1) is 13.8. The molecule has 9 nitrogen and oxygen atoms in total. The molecule has 0 saturated carbocycles. The number of ketones is 1. The highest BCUT2D eigenvalue weighted by molar-refractivity contribution is 7.99. The van der Waals surface area contributed by atoms with Crippen molar-refractivity contribution in [2.45, 2.75) is 30.7 Å². The molecule has 1 N–H and O–H groups in total. The van der Waals surface area contributed by atoms with Gasteiger partial charge in [-0.25, -0.2) is 0 Å². The van der Waals surface area contributed by atoms with Crippen LogP contribution >= 0.6 is 11.8 Å². The number of carboxylic acids is 1. The summed E-state index contributed by atoms with van der Waals surface area (Å²) in [7, 11) is 0. The predicted molar refractivity (Wildman–Crippen MR) is 105 cm³/mol. The molecule has 2 heterocycles. The fourth-order valence-electron chi connectivity index (χ4n) is 3.59. The molecule has 1 aromatic carbocycles. The van der Waals surface area contributed by atoms with Gasteiger partial charge in [-0.2, -0.15) is 0 Å². The Hall–Kier alpha value is -2.72. The van der Waals surface area contributed by atoms with Crippen LogP contribution in [0.2, 0.25) is 0 Å². The summed E-state index contributed by atoms with van der Waals surface area (Å²) in [6.45, 7) is 0.894. The Bertz CT molecular complexity index is 875. The molecule has 10 heteroatoms. The second-order valence-electron chi connectivity index (χ2n) is 6.78. The Balaban J connectivity index is 1.96. The molecule has 0 bridgehead atoms. The van der Waals surface area contributed by atoms with Crippen molar-refractivity contribution in [2.24, 2.45) is 0 Å². The van der Waals surface area contributed by atoms with Crippen LogP contribution in [-0.4, -0.2) is 63.5 Å². The van der Waals surface area contributed by atoms with E-state index in [1.807, 2.05) is 0 Å². The van der Waals surface area contributed by atoms with E-state index in [-0.39, 0.29) is 35.0 Å². The number of Topliss-reactive ketones (excluding diaryl/α,β-unsaturated/α-hetero) is 1. The maximum atomic E-state index is 13.2. The van der Waals surface area contributed by atoms with E-state index in [1.54, 1.807) is 6.26 Å². The molecule has 2 aliphatic rings. The van der Waals surface area contributed by atoms with Crippen LogP contribution in [0.5, 0.6) is 0 Å². The molecule has 1 amide bonds. The lowest BCUT2D eigenvalue weighted by Gasteiger charge is -2.27. The van der Waals surface area contributed by atoms with Gasteiger partial charge in [0, 0.05) is 42.0 Å². The number of carbonyl (C=O) groups excluding carboxylic acids is 2. The van der Waals surface area contributed by atoms with Crippen LogP contribution in [-0.2, 0) is 14.3 Å². The number of benzene rings is 1. The number of amides is 1. The van der Waals surface area contributed by atoms with Gasteiger partial charge in [0.2, 0.25) is 0 Å². The summed E-state index contributed by atoms with van der Waals surface area (Å²) in [5.74, 6) is -2.19. The molecule has 0 aliphatic carbocycles. The van der Waals surface area contributed by atoms with Crippen molar-refractivity contribution < 1.29 is 29.2 Å².